The Morgan fingerprint density at radius 1 is 0.475 bits per heavy atom. The van der Waals surface area contributed by atoms with E-state index >= 15 is 0 Å². The average Bonchev–Trinajstić information content (AvgIpc) is 3.93. The number of nitrogens with zero attached hydrogens (tertiary/aromatic N) is 2. The van der Waals surface area contributed by atoms with Crippen LogP contribution >= 0.6 is 0 Å². The largest absolute Gasteiger partial charge is 0.309 e. The van der Waals surface area contributed by atoms with Crippen molar-refractivity contribution in [1.29, 1.82) is 0 Å². The summed E-state index contributed by atoms with van der Waals surface area (Å²) in [6.45, 7) is 8.12. The molecule has 12 rings (SSSR count). The van der Waals surface area contributed by atoms with Crippen LogP contribution < -0.4 is 5.56 Å². The van der Waals surface area contributed by atoms with Gasteiger partial charge in [0.1, 0.15) is 0 Å². The molecule has 0 bridgehead atoms. The number of aromatic nitrogens is 2. The first kappa shape index (κ1) is 33.4. The molecule has 0 aliphatic heterocycles. The van der Waals surface area contributed by atoms with E-state index in [1.807, 2.05) is 4.40 Å². The third-order valence-corrected chi connectivity index (χ3v) is 12.9. The maximum absolute atomic E-state index is 14.3. The number of hydrogen-bond acceptors (Lipinski definition) is 1. The van der Waals surface area contributed by atoms with Crippen molar-refractivity contribution in [2.45, 2.75) is 5.41 Å². The van der Waals surface area contributed by atoms with Crippen molar-refractivity contribution in [3.8, 4) is 27.9 Å². The van der Waals surface area contributed by atoms with E-state index < -0.39 is 5.41 Å². The minimum absolute atomic E-state index is 0.0834. The van der Waals surface area contributed by atoms with E-state index in [1.54, 1.807) is 12.2 Å². The monoisotopic (exact) mass is 752 g/mol. The quantitative estimate of drug-likeness (QED) is 0.166. The summed E-state index contributed by atoms with van der Waals surface area (Å²) in [6, 6.07) is 66.1. The lowest BCUT2D eigenvalue weighted by Gasteiger charge is -2.34. The van der Waals surface area contributed by atoms with Crippen LogP contribution in [0.15, 0.2) is 200 Å². The number of hydrogen-bond donors (Lipinski definition) is 0. The number of para-hydroxylation sites is 3. The van der Waals surface area contributed by atoms with Crippen LogP contribution in [0.25, 0.3) is 89.1 Å². The Balaban J connectivity index is 1.22. The average molecular weight is 753 g/mol. The van der Waals surface area contributed by atoms with Gasteiger partial charge in [-0.15, -0.1) is 0 Å². The summed E-state index contributed by atoms with van der Waals surface area (Å²) >= 11 is 0. The summed E-state index contributed by atoms with van der Waals surface area (Å²) in [5.41, 5.74) is 15.5. The maximum Gasteiger partial charge on any atom is 0.263 e. The lowest BCUT2D eigenvalue weighted by molar-refractivity contribution is 0.768. The van der Waals surface area contributed by atoms with E-state index in [0.717, 1.165) is 49.6 Å². The fourth-order valence-corrected chi connectivity index (χ4v) is 10.6. The highest BCUT2D eigenvalue weighted by atomic mass is 16.1. The Hall–Kier alpha value is -7.75. The van der Waals surface area contributed by atoms with Gasteiger partial charge in [-0.05, 0) is 74.8 Å². The van der Waals surface area contributed by atoms with Gasteiger partial charge in [-0.25, -0.2) is 0 Å². The normalized spacial score (nSPS) is 13.1. The molecule has 0 N–H and O–H groups in total. The molecular formula is C56H36N2O. The Morgan fingerprint density at radius 2 is 1.05 bits per heavy atom. The van der Waals surface area contributed by atoms with Crippen LogP contribution in [0.4, 0.5) is 0 Å². The van der Waals surface area contributed by atoms with E-state index in [9.17, 15) is 4.79 Å². The molecule has 8 aromatic carbocycles. The Morgan fingerprint density at radius 3 is 1.73 bits per heavy atom. The molecule has 0 radical (unpaired) electrons. The minimum atomic E-state index is -0.631. The van der Waals surface area contributed by atoms with Gasteiger partial charge in [-0.1, -0.05) is 177 Å². The number of benzene rings is 8. The van der Waals surface area contributed by atoms with Crippen LogP contribution in [0.2, 0.25) is 0 Å². The molecule has 59 heavy (non-hydrogen) atoms. The summed E-state index contributed by atoms with van der Waals surface area (Å²) < 4.78 is 4.34. The highest BCUT2D eigenvalue weighted by Crippen LogP contribution is 2.59. The summed E-state index contributed by atoms with van der Waals surface area (Å²) in [7, 11) is 0. The zero-order valence-electron chi connectivity index (χ0n) is 32.2. The van der Waals surface area contributed by atoms with Gasteiger partial charge < -0.3 is 4.57 Å². The third kappa shape index (κ3) is 4.28. The molecule has 3 aromatic heterocycles. The summed E-state index contributed by atoms with van der Waals surface area (Å²) in [5.74, 6) is 0. The molecule has 3 nitrogen and oxygen atoms in total. The zero-order chi connectivity index (χ0) is 39.4. The Labute approximate surface area is 341 Å². The van der Waals surface area contributed by atoms with Gasteiger partial charge in [0.25, 0.3) is 5.56 Å². The van der Waals surface area contributed by atoms with Gasteiger partial charge in [0, 0.05) is 38.1 Å². The number of pyridine rings is 1. The molecular weight excluding hydrogens is 717 g/mol. The van der Waals surface area contributed by atoms with E-state index in [1.165, 1.54) is 55.2 Å². The molecule has 1 aliphatic carbocycles. The van der Waals surface area contributed by atoms with Crippen molar-refractivity contribution in [2.24, 2.45) is 0 Å². The van der Waals surface area contributed by atoms with Crippen molar-refractivity contribution in [3.05, 3.63) is 239 Å². The molecule has 0 saturated heterocycles. The molecule has 0 fully saturated rings. The van der Waals surface area contributed by atoms with Crippen molar-refractivity contribution < 1.29 is 0 Å². The predicted molar refractivity (Wildman–Crippen MR) is 247 cm³/mol. The Kier molecular flexibility index (Phi) is 7.00. The topological polar surface area (TPSA) is 26.4 Å². The smallest absolute Gasteiger partial charge is 0.263 e. The fraction of sp³-hybridized carbons (Fsp3) is 0.0179. The molecule has 0 spiro atoms. The predicted octanol–water partition coefficient (Wildman–Crippen LogP) is 13.5. The van der Waals surface area contributed by atoms with Gasteiger partial charge >= 0.3 is 0 Å². The highest BCUT2D eigenvalue weighted by molar-refractivity contribution is 6.20. The van der Waals surface area contributed by atoms with Crippen LogP contribution in [0.1, 0.15) is 33.4 Å². The van der Waals surface area contributed by atoms with E-state index in [0.29, 0.717) is 5.56 Å². The van der Waals surface area contributed by atoms with Crippen LogP contribution in [-0.4, -0.2) is 8.97 Å². The molecule has 276 valence electrons. The van der Waals surface area contributed by atoms with E-state index in [2.05, 4.69) is 200 Å². The van der Waals surface area contributed by atoms with Crippen molar-refractivity contribution in [2.75, 3.05) is 0 Å². The van der Waals surface area contributed by atoms with Gasteiger partial charge in [0.15, 0.2) is 0 Å². The lowest BCUT2D eigenvalue weighted by atomic mass is 9.67. The second-order valence-corrected chi connectivity index (χ2v) is 15.6. The molecule has 0 saturated carbocycles. The van der Waals surface area contributed by atoms with Crippen molar-refractivity contribution in [1.82, 2.24) is 8.97 Å². The van der Waals surface area contributed by atoms with Crippen LogP contribution in [0, 0.1) is 0 Å². The zero-order valence-corrected chi connectivity index (χ0v) is 32.2. The summed E-state index contributed by atoms with van der Waals surface area (Å²) in [5, 5.41) is 5.56. The molecule has 3 heteroatoms. The first-order valence-corrected chi connectivity index (χ1v) is 20.1. The maximum atomic E-state index is 14.3. The number of fused-ring (bicyclic) bond motifs is 9. The molecule has 0 atom stereocenters. The molecule has 1 aliphatic rings. The highest BCUT2D eigenvalue weighted by Gasteiger charge is 2.47. The van der Waals surface area contributed by atoms with E-state index in [-0.39, 0.29) is 5.56 Å². The van der Waals surface area contributed by atoms with Gasteiger partial charge in [0.05, 0.1) is 33.2 Å². The van der Waals surface area contributed by atoms with Crippen molar-refractivity contribution in [3.63, 3.8) is 0 Å². The lowest BCUT2D eigenvalue weighted by Crippen LogP contribution is -2.28. The first-order valence-electron chi connectivity index (χ1n) is 20.1. The summed E-state index contributed by atoms with van der Waals surface area (Å²) in [6.07, 6.45) is 3.44. The van der Waals surface area contributed by atoms with Gasteiger partial charge in [-0.2, -0.15) is 0 Å². The van der Waals surface area contributed by atoms with Crippen LogP contribution in [-0.2, 0) is 5.41 Å². The van der Waals surface area contributed by atoms with Crippen LogP contribution in [0.3, 0.4) is 0 Å². The second kappa shape index (κ2) is 12.4. The minimum Gasteiger partial charge on any atom is -0.309 e. The fourth-order valence-electron chi connectivity index (χ4n) is 10.6. The third-order valence-electron chi connectivity index (χ3n) is 12.9. The van der Waals surface area contributed by atoms with E-state index in [4.69, 9.17) is 0 Å². The SMILES string of the molecule is C=Cc1c(C=C)c2cccc3c4c(-c5ccc6c(c5)C(c5ccccc5)(c5ccccc5)c5cccc(-n7c8ccccc8c8ccccc87)c5-6)cccc4n(c1=O)c23. The second-order valence-electron chi connectivity index (χ2n) is 15.6. The number of rotatable bonds is 6. The summed E-state index contributed by atoms with van der Waals surface area (Å²) in [4.78, 5) is 14.3. The Bertz CT molecular complexity index is 3510. The molecule has 0 unspecified atom stereocenters. The molecule has 0 amide bonds. The standard InChI is InChI=1S/C56H36N2O/c1-3-38-39(4-2)55(59)58-50-30-16-24-40(52(50)45-26-15-25-43(38)54(45)58)35-32-33-44-47(34-35)56(36-18-7-5-8-19-36,37-20-9-6-10-21-37)46-27-17-31-51(53(44)46)57-48-28-13-11-22-41(48)42-23-12-14-29-49(42)57/h3-34H,1-2H2. The van der Waals surface area contributed by atoms with Gasteiger partial charge in [0.2, 0.25) is 0 Å². The van der Waals surface area contributed by atoms with Crippen molar-refractivity contribution >= 4 is 61.1 Å². The first-order chi connectivity index (χ1) is 29.1. The molecule has 11 aromatic rings. The van der Waals surface area contributed by atoms with Crippen LogP contribution in [0.5, 0.6) is 0 Å². The van der Waals surface area contributed by atoms with Gasteiger partial charge in [-0.3, -0.25) is 9.20 Å². The molecule has 3 heterocycles.